The number of aromatic nitrogens is 5. The molecule has 7 heteroatoms. The van der Waals surface area contributed by atoms with Crippen molar-refractivity contribution in [3.63, 3.8) is 0 Å². The molecule has 0 amide bonds. The molecule has 1 atom stereocenters. The third kappa shape index (κ3) is 2.92. The number of aryl methyl sites for hydroxylation is 2. The van der Waals surface area contributed by atoms with Crippen molar-refractivity contribution < 1.29 is 0 Å². The van der Waals surface area contributed by atoms with Gasteiger partial charge in [0.05, 0.1) is 11.7 Å². The van der Waals surface area contributed by atoms with Crippen LogP contribution in [0, 0.1) is 0 Å². The lowest BCUT2D eigenvalue weighted by Crippen LogP contribution is -2.24. The van der Waals surface area contributed by atoms with Gasteiger partial charge in [-0.05, 0) is 19.3 Å². The molecule has 0 bridgehead atoms. The maximum absolute atomic E-state index is 4.73. The first-order valence-electron chi connectivity index (χ1n) is 8.78. The van der Waals surface area contributed by atoms with Crippen molar-refractivity contribution in [3.05, 3.63) is 22.9 Å². The average Bonchev–Trinajstić information content (AvgIpc) is 3.17. The Hall–Kier alpha value is -1.89. The van der Waals surface area contributed by atoms with Gasteiger partial charge in [0.1, 0.15) is 17.5 Å². The third-order valence-electron chi connectivity index (χ3n) is 4.72. The summed E-state index contributed by atoms with van der Waals surface area (Å²) in [6, 6.07) is 0.166. The Morgan fingerprint density at radius 2 is 1.96 bits per heavy atom. The van der Waals surface area contributed by atoms with Crippen LogP contribution in [0.4, 0.5) is 5.82 Å². The number of nitrogens with zero attached hydrogens (tertiary/aromatic N) is 6. The number of hydrogen-bond acceptors (Lipinski definition) is 5. The van der Waals surface area contributed by atoms with Crippen LogP contribution in [0.3, 0.4) is 0 Å². The van der Waals surface area contributed by atoms with E-state index >= 15 is 0 Å². The number of fused-ring (bicyclic) bond motifs is 1. The molecule has 3 heterocycles. The van der Waals surface area contributed by atoms with E-state index in [1.807, 2.05) is 11.7 Å². The molecular weight excluding hydrogens is 302 g/mol. The van der Waals surface area contributed by atoms with Crippen molar-refractivity contribution in [2.75, 3.05) is 19.0 Å². The van der Waals surface area contributed by atoms with E-state index in [0.29, 0.717) is 5.92 Å². The molecule has 2 aromatic rings. The standard InChI is InChI=1S/C17H29N7/c1-11(2)15-13(17(22(4)5)23(6)21-15)10-18-12(3)16-20-19-14-8-7-9-24(14)16/h11-12,18H,7-10H2,1-6H3. The summed E-state index contributed by atoms with van der Waals surface area (Å²) >= 11 is 0. The fraction of sp³-hybridized carbons (Fsp3) is 0.706. The monoisotopic (exact) mass is 331 g/mol. The van der Waals surface area contributed by atoms with E-state index in [2.05, 4.69) is 59.8 Å². The van der Waals surface area contributed by atoms with Gasteiger partial charge < -0.3 is 14.8 Å². The molecule has 0 aromatic carbocycles. The Balaban J connectivity index is 1.81. The summed E-state index contributed by atoms with van der Waals surface area (Å²) in [5, 5.41) is 17.1. The highest BCUT2D eigenvalue weighted by atomic mass is 15.4. The van der Waals surface area contributed by atoms with E-state index in [-0.39, 0.29) is 6.04 Å². The Bertz CT molecular complexity index is 711. The van der Waals surface area contributed by atoms with E-state index in [4.69, 9.17) is 5.10 Å². The third-order valence-corrected chi connectivity index (χ3v) is 4.72. The van der Waals surface area contributed by atoms with Crippen molar-refractivity contribution in [1.82, 2.24) is 29.9 Å². The molecule has 2 aromatic heterocycles. The Morgan fingerprint density at radius 1 is 1.21 bits per heavy atom. The van der Waals surface area contributed by atoms with Crippen LogP contribution in [-0.2, 0) is 26.6 Å². The van der Waals surface area contributed by atoms with Crippen LogP contribution < -0.4 is 10.2 Å². The minimum Gasteiger partial charge on any atom is -0.363 e. The maximum atomic E-state index is 4.73. The van der Waals surface area contributed by atoms with Crippen LogP contribution in [0.15, 0.2) is 0 Å². The summed E-state index contributed by atoms with van der Waals surface area (Å²) in [6.45, 7) is 8.37. The van der Waals surface area contributed by atoms with E-state index in [0.717, 1.165) is 42.7 Å². The quantitative estimate of drug-likeness (QED) is 0.877. The Kier molecular flexibility index (Phi) is 4.62. The van der Waals surface area contributed by atoms with E-state index < -0.39 is 0 Å². The van der Waals surface area contributed by atoms with Crippen molar-refractivity contribution in [2.45, 2.75) is 58.7 Å². The lowest BCUT2D eigenvalue weighted by atomic mass is 10.0. The normalized spacial score (nSPS) is 15.1. The molecule has 1 unspecified atom stereocenters. The summed E-state index contributed by atoms with van der Waals surface area (Å²) in [5.41, 5.74) is 2.43. The van der Waals surface area contributed by atoms with Crippen molar-refractivity contribution in [3.8, 4) is 0 Å². The van der Waals surface area contributed by atoms with Gasteiger partial charge in [-0.25, -0.2) is 0 Å². The summed E-state index contributed by atoms with van der Waals surface area (Å²) in [4.78, 5) is 2.13. The zero-order valence-corrected chi connectivity index (χ0v) is 15.7. The largest absolute Gasteiger partial charge is 0.363 e. The lowest BCUT2D eigenvalue weighted by molar-refractivity contribution is 0.514. The predicted molar refractivity (Wildman–Crippen MR) is 95.2 cm³/mol. The molecule has 0 radical (unpaired) electrons. The maximum Gasteiger partial charge on any atom is 0.149 e. The SMILES string of the molecule is CC(C)c1nn(C)c(N(C)C)c1CNC(C)c1nnc2n1CCC2. The lowest BCUT2D eigenvalue weighted by Gasteiger charge is -2.18. The summed E-state index contributed by atoms with van der Waals surface area (Å²) < 4.78 is 4.24. The molecule has 3 rings (SSSR count). The smallest absolute Gasteiger partial charge is 0.149 e. The zero-order valence-electron chi connectivity index (χ0n) is 15.7. The van der Waals surface area contributed by atoms with E-state index in [9.17, 15) is 0 Å². The molecule has 1 N–H and O–H groups in total. The summed E-state index contributed by atoms with van der Waals surface area (Å²) in [7, 11) is 6.15. The van der Waals surface area contributed by atoms with Gasteiger partial charge in [0, 0.05) is 46.2 Å². The van der Waals surface area contributed by atoms with Gasteiger partial charge >= 0.3 is 0 Å². The first-order chi connectivity index (χ1) is 11.4. The van der Waals surface area contributed by atoms with Gasteiger partial charge in [0.2, 0.25) is 0 Å². The highest BCUT2D eigenvalue weighted by Crippen LogP contribution is 2.28. The van der Waals surface area contributed by atoms with Gasteiger partial charge in [0.25, 0.3) is 0 Å². The number of hydrogen-bond donors (Lipinski definition) is 1. The molecule has 0 saturated carbocycles. The Morgan fingerprint density at radius 3 is 2.62 bits per heavy atom. The van der Waals surface area contributed by atoms with Crippen LogP contribution in [0.5, 0.6) is 0 Å². The van der Waals surface area contributed by atoms with Crippen LogP contribution in [0.2, 0.25) is 0 Å². The number of anilines is 1. The predicted octanol–water partition coefficient (Wildman–Crippen LogP) is 2.00. The van der Waals surface area contributed by atoms with Crippen molar-refractivity contribution in [2.24, 2.45) is 7.05 Å². The first kappa shape index (κ1) is 17.0. The molecule has 0 saturated heterocycles. The van der Waals surface area contributed by atoms with Gasteiger partial charge in [-0.1, -0.05) is 13.8 Å². The van der Waals surface area contributed by atoms with Gasteiger partial charge in [-0.3, -0.25) is 4.68 Å². The van der Waals surface area contributed by atoms with Gasteiger partial charge in [0.15, 0.2) is 0 Å². The van der Waals surface area contributed by atoms with Crippen LogP contribution in [-0.4, -0.2) is 38.6 Å². The molecule has 0 aliphatic carbocycles. The number of rotatable bonds is 6. The van der Waals surface area contributed by atoms with Gasteiger partial charge in [-0.2, -0.15) is 5.10 Å². The molecule has 1 aliphatic heterocycles. The summed E-state index contributed by atoms with van der Waals surface area (Å²) in [5.74, 6) is 3.72. The fourth-order valence-corrected chi connectivity index (χ4v) is 3.61. The second-order valence-corrected chi connectivity index (χ2v) is 7.19. The van der Waals surface area contributed by atoms with Crippen molar-refractivity contribution >= 4 is 5.82 Å². The zero-order chi connectivity index (χ0) is 17.4. The molecule has 7 nitrogen and oxygen atoms in total. The van der Waals surface area contributed by atoms with E-state index in [1.165, 1.54) is 12.0 Å². The van der Waals surface area contributed by atoms with Crippen LogP contribution in [0.1, 0.15) is 62.1 Å². The first-order valence-corrected chi connectivity index (χ1v) is 8.78. The average molecular weight is 331 g/mol. The fourth-order valence-electron chi connectivity index (χ4n) is 3.61. The highest BCUT2D eigenvalue weighted by molar-refractivity contribution is 5.50. The minimum absolute atomic E-state index is 0.166. The van der Waals surface area contributed by atoms with Crippen LogP contribution >= 0.6 is 0 Å². The Labute approximate surface area is 144 Å². The van der Waals surface area contributed by atoms with Crippen molar-refractivity contribution in [1.29, 1.82) is 0 Å². The second kappa shape index (κ2) is 6.55. The summed E-state index contributed by atoms with van der Waals surface area (Å²) in [6.07, 6.45) is 2.22. The van der Waals surface area contributed by atoms with E-state index in [1.54, 1.807) is 0 Å². The molecule has 0 spiro atoms. The number of nitrogens with one attached hydrogen (secondary N) is 1. The highest BCUT2D eigenvalue weighted by Gasteiger charge is 2.23. The minimum atomic E-state index is 0.166. The second-order valence-electron chi connectivity index (χ2n) is 7.19. The molecule has 24 heavy (non-hydrogen) atoms. The van der Waals surface area contributed by atoms with Gasteiger partial charge in [-0.15, -0.1) is 10.2 Å². The molecular formula is C17H29N7. The molecule has 1 aliphatic rings. The molecule has 0 fully saturated rings. The topological polar surface area (TPSA) is 63.8 Å². The molecule has 132 valence electrons. The van der Waals surface area contributed by atoms with Crippen LogP contribution in [0.25, 0.3) is 0 Å².